The fourth-order valence-corrected chi connectivity index (χ4v) is 3.73. The summed E-state index contributed by atoms with van der Waals surface area (Å²) in [4.78, 5) is 14.7. The van der Waals surface area contributed by atoms with E-state index in [1.807, 2.05) is 0 Å². The standard InChI is InChI=1S/C13H9BrClNO4S/c14-9-2-3-10(16-6-9)7-21(19,20)12-5-8(13(17)18)1-4-11(12)15/h1-6H,7H2,(H,17,18). The second-order valence-electron chi connectivity index (χ2n) is 4.18. The van der Waals surface area contributed by atoms with E-state index in [2.05, 4.69) is 20.9 Å². The molecule has 1 heterocycles. The lowest BCUT2D eigenvalue weighted by Crippen LogP contribution is -2.08. The van der Waals surface area contributed by atoms with Crippen molar-refractivity contribution in [3.63, 3.8) is 0 Å². The van der Waals surface area contributed by atoms with E-state index in [1.54, 1.807) is 12.1 Å². The zero-order chi connectivity index (χ0) is 15.6. The normalized spacial score (nSPS) is 11.3. The molecule has 0 aliphatic rings. The van der Waals surface area contributed by atoms with Gasteiger partial charge in [0.1, 0.15) is 0 Å². The van der Waals surface area contributed by atoms with Crippen LogP contribution in [0.2, 0.25) is 5.02 Å². The highest BCUT2D eigenvalue weighted by Crippen LogP contribution is 2.26. The molecule has 0 aliphatic carbocycles. The Labute approximate surface area is 134 Å². The number of halogens is 2. The van der Waals surface area contributed by atoms with Crippen molar-refractivity contribution in [1.29, 1.82) is 0 Å². The first-order valence-corrected chi connectivity index (χ1v) is 8.48. The second-order valence-corrected chi connectivity index (χ2v) is 7.46. The number of pyridine rings is 1. The van der Waals surface area contributed by atoms with Crippen LogP contribution in [-0.4, -0.2) is 24.5 Å². The minimum absolute atomic E-state index is 0.0166. The minimum atomic E-state index is -3.79. The summed E-state index contributed by atoms with van der Waals surface area (Å²) in [6.07, 6.45) is 1.49. The number of carboxylic acids is 1. The number of carbonyl (C=O) groups is 1. The van der Waals surface area contributed by atoms with E-state index >= 15 is 0 Å². The lowest BCUT2D eigenvalue weighted by molar-refractivity contribution is 0.0696. The van der Waals surface area contributed by atoms with E-state index in [-0.39, 0.29) is 21.2 Å². The van der Waals surface area contributed by atoms with Gasteiger partial charge in [0, 0.05) is 10.7 Å². The first kappa shape index (κ1) is 15.9. The molecule has 1 N–H and O–H groups in total. The molecule has 0 radical (unpaired) electrons. The van der Waals surface area contributed by atoms with Gasteiger partial charge in [0.05, 0.1) is 26.9 Å². The second kappa shape index (κ2) is 6.13. The molecule has 2 aromatic rings. The Morgan fingerprint density at radius 1 is 1.29 bits per heavy atom. The third-order valence-electron chi connectivity index (χ3n) is 2.64. The van der Waals surface area contributed by atoms with Gasteiger partial charge in [-0.05, 0) is 46.3 Å². The average Bonchev–Trinajstić information content (AvgIpc) is 2.41. The Morgan fingerprint density at radius 2 is 2.00 bits per heavy atom. The van der Waals surface area contributed by atoms with Gasteiger partial charge in [0.25, 0.3) is 0 Å². The van der Waals surface area contributed by atoms with Crippen molar-refractivity contribution >= 4 is 43.3 Å². The largest absolute Gasteiger partial charge is 0.478 e. The van der Waals surface area contributed by atoms with E-state index < -0.39 is 15.8 Å². The maximum atomic E-state index is 12.4. The van der Waals surface area contributed by atoms with Gasteiger partial charge in [0.2, 0.25) is 0 Å². The van der Waals surface area contributed by atoms with E-state index in [4.69, 9.17) is 16.7 Å². The van der Waals surface area contributed by atoms with E-state index in [0.29, 0.717) is 5.69 Å². The van der Waals surface area contributed by atoms with Crippen LogP contribution in [0.15, 0.2) is 45.9 Å². The van der Waals surface area contributed by atoms with Crippen LogP contribution in [0.5, 0.6) is 0 Å². The molecular formula is C13H9BrClNO4S. The Balaban J connectivity index is 2.41. The summed E-state index contributed by atoms with van der Waals surface area (Å²) in [6, 6.07) is 6.80. The fraction of sp³-hybridized carbons (Fsp3) is 0.0769. The molecule has 0 fully saturated rings. The number of sulfone groups is 1. The number of aromatic carboxylic acids is 1. The highest BCUT2D eigenvalue weighted by molar-refractivity contribution is 9.10. The number of hydrogen-bond donors (Lipinski definition) is 1. The van der Waals surface area contributed by atoms with Gasteiger partial charge in [-0.1, -0.05) is 11.6 Å². The zero-order valence-corrected chi connectivity index (χ0v) is 13.6. The Morgan fingerprint density at radius 3 is 2.57 bits per heavy atom. The molecule has 0 saturated heterocycles. The van der Waals surface area contributed by atoms with Crippen LogP contribution in [0.25, 0.3) is 0 Å². The first-order valence-electron chi connectivity index (χ1n) is 5.65. The van der Waals surface area contributed by atoms with Crippen molar-refractivity contribution in [2.24, 2.45) is 0 Å². The predicted octanol–water partition coefficient (Wildman–Crippen LogP) is 3.17. The molecule has 0 spiro atoms. The Hall–Kier alpha value is -1.44. The van der Waals surface area contributed by atoms with Gasteiger partial charge < -0.3 is 5.11 Å². The first-order chi connectivity index (χ1) is 9.79. The lowest BCUT2D eigenvalue weighted by atomic mass is 10.2. The molecule has 0 saturated carbocycles. The van der Waals surface area contributed by atoms with Gasteiger partial charge >= 0.3 is 5.97 Å². The van der Waals surface area contributed by atoms with Crippen LogP contribution in [0.1, 0.15) is 16.1 Å². The van der Waals surface area contributed by atoms with Gasteiger partial charge in [0.15, 0.2) is 9.84 Å². The highest BCUT2D eigenvalue weighted by atomic mass is 79.9. The minimum Gasteiger partial charge on any atom is -0.478 e. The molecule has 8 heteroatoms. The van der Waals surface area contributed by atoms with Crippen LogP contribution in [0, 0.1) is 0 Å². The zero-order valence-electron chi connectivity index (χ0n) is 10.5. The lowest BCUT2D eigenvalue weighted by Gasteiger charge is -2.07. The molecule has 21 heavy (non-hydrogen) atoms. The van der Waals surface area contributed by atoms with Crippen LogP contribution < -0.4 is 0 Å². The summed E-state index contributed by atoms with van der Waals surface area (Å²) < 4.78 is 25.4. The summed E-state index contributed by atoms with van der Waals surface area (Å²) in [5, 5.41) is 8.91. The van der Waals surface area contributed by atoms with Crippen molar-refractivity contribution in [3.8, 4) is 0 Å². The van der Waals surface area contributed by atoms with Crippen molar-refractivity contribution in [1.82, 2.24) is 4.98 Å². The van der Waals surface area contributed by atoms with E-state index in [9.17, 15) is 13.2 Å². The number of aromatic nitrogens is 1. The third kappa shape index (κ3) is 3.81. The number of rotatable bonds is 4. The summed E-state index contributed by atoms with van der Waals surface area (Å²) >= 11 is 9.09. The number of benzene rings is 1. The molecule has 1 aromatic heterocycles. The number of nitrogens with zero attached hydrogens (tertiary/aromatic N) is 1. The summed E-state index contributed by atoms with van der Waals surface area (Å²) in [5.41, 5.74) is 0.205. The Bertz CT molecular complexity index is 790. The monoisotopic (exact) mass is 389 g/mol. The quantitative estimate of drug-likeness (QED) is 0.867. The molecule has 2 rings (SSSR count). The van der Waals surface area contributed by atoms with Crippen molar-refractivity contribution in [3.05, 3.63) is 57.3 Å². The number of hydrogen-bond acceptors (Lipinski definition) is 4. The van der Waals surface area contributed by atoms with E-state index in [0.717, 1.165) is 10.5 Å². The molecule has 0 unspecified atom stereocenters. The van der Waals surface area contributed by atoms with Crippen molar-refractivity contribution in [2.45, 2.75) is 10.6 Å². The Kier molecular flexibility index (Phi) is 4.65. The maximum Gasteiger partial charge on any atom is 0.335 e. The molecule has 1 aromatic carbocycles. The predicted molar refractivity (Wildman–Crippen MR) is 81.2 cm³/mol. The van der Waals surface area contributed by atoms with Gasteiger partial charge in [-0.15, -0.1) is 0 Å². The maximum absolute atomic E-state index is 12.4. The summed E-state index contributed by atoms with van der Waals surface area (Å²) in [5.74, 6) is -1.58. The molecule has 0 aliphatic heterocycles. The van der Waals surface area contributed by atoms with Gasteiger partial charge in [-0.25, -0.2) is 13.2 Å². The van der Waals surface area contributed by atoms with Crippen LogP contribution in [0.4, 0.5) is 0 Å². The third-order valence-corrected chi connectivity index (χ3v) is 5.23. The molecule has 0 atom stereocenters. The molecular weight excluding hydrogens is 382 g/mol. The van der Waals surface area contributed by atoms with E-state index in [1.165, 1.54) is 18.3 Å². The highest BCUT2D eigenvalue weighted by Gasteiger charge is 2.21. The summed E-state index contributed by atoms with van der Waals surface area (Å²) in [6.45, 7) is 0. The number of carboxylic acid groups (broad SMARTS) is 1. The van der Waals surface area contributed by atoms with Crippen molar-refractivity contribution < 1.29 is 18.3 Å². The molecule has 0 bridgehead atoms. The molecule has 0 amide bonds. The van der Waals surface area contributed by atoms with Crippen LogP contribution in [-0.2, 0) is 15.6 Å². The molecule has 5 nitrogen and oxygen atoms in total. The van der Waals surface area contributed by atoms with Crippen LogP contribution in [0.3, 0.4) is 0 Å². The van der Waals surface area contributed by atoms with Gasteiger partial charge in [-0.2, -0.15) is 0 Å². The SMILES string of the molecule is O=C(O)c1ccc(Cl)c(S(=O)(=O)Cc2ccc(Br)cn2)c1. The fourth-order valence-electron chi connectivity index (χ4n) is 1.64. The topological polar surface area (TPSA) is 84.3 Å². The summed E-state index contributed by atoms with van der Waals surface area (Å²) in [7, 11) is -3.79. The van der Waals surface area contributed by atoms with Crippen molar-refractivity contribution in [2.75, 3.05) is 0 Å². The average molecular weight is 391 g/mol. The van der Waals surface area contributed by atoms with Gasteiger partial charge in [-0.3, -0.25) is 4.98 Å². The van der Waals surface area contributed by atoms with Crippen LogP contribution >= 0.6 is 27.5 Å². The smallest absolute Gasteiger partial charge is 0.335 e. The molecule has 110 valence electrons.